The number of fused-ring (bicyclic) bond motifs is 1. The van der Waals surface area contributed by atoms with Gasteiger partial charge in [-0.15, -0.1) is 0 Å². The summed E-state index contributed by atoms with van der Waals surface area (Å²) in [6.45, 7) is 0. The van der Waals surface area contributed by atoms with Crippen LogP contribution in [0.2, 0.25) is 0 Å². The summed E-state index contributed by atoms with van der Waals surface area (Å²) in [4.78, 5) is 23.6. The normalized spacial score (nSPS) is 16.2. The van der Waals surface area contributed by atoms with E-state index in [1.807, 2.05) is 12.1 Å². The minimum atomic E-state index is -0.877. The molecular formula is C18H21NO5. The second kappa shape index (κ2) is 6.55. The fraction of sp³-hybridized carbons (Fsp3) is 0.444. The van der Waals surface area contributed by atoms with Crippen LogP contribution in [-0.4, -0.2) is 29.6 Å². The minimum Gasteiger partial charge on any atom is -0.497 e. The lowest BCUT2D eigenvalue weighted by Crippen LogP contribution is -2.48. The Hall–Kier alpha value is -2.50. The van der Waals surface area contributed by atoms with Gasteiger partial charge >= 0.3 is 5.97 Å². The zero-order valence-electron chi connectivity index (χ0n) is 13.6. The monoisotopic (exact) mass is 331 g/mol. The third-order valence-electron chi connectivity index (χ3n) is 4.67. The predicted octanol–water partition coefficient (Wildman–Crippen LogP) is 2.89. The van der Waals surface area contributed by atoms with Crippen molar-refractivity contribution in [3.63, 3.8) is 0 Å². The van der Waals surface area contributed by atoms with Gasteiger partial charge in [0, 0.05) is 17.0 Å². The number of nitrogens with one attached hydrogen (secondary N) is 1. The van der Waals surface area contributed by atoms with Crippen LogP contribution in [0.15, 0.2) is 28.9 Å². The number of ether oxygens (including phenoxy) is 1. The average molecular weight is 331 g/mol. The second-order valence-corrected chi connectivity index (χ2v) is 6.41. The number of methoxy groups -OCH3 is 1. The van der Waals surface area contributed by atoms with Crippen LogP contribution in [0.4, 0.5) is 0 Å². The van der Waals surface area contributed by atoms with E-state index in [0.29, 0.717) is 24.2 Å². The van der Waals surface area contributed by atoms with Crippen molar-refractivity contribution < 1.29 is 23.8 Å². The fourth-order valence-corrected chi connectivity index (χ4v) is 3.53. The zero-order valence-corrected chi connectivity index (χ0v) is 13.6. The number of hydrogen-bond acceptors (Lipinski definition) is 4. The SMILES string of the molecule is COc1ccc2c(CC(=O)NC3(CC(=O)O)CCCC3)coc2c1. The van der Waals surface area contributed by atoms with Gasteiger partial charge in [0.2, 0.25) is 5.91 Å². The van der Waals surface area contributed by atoms with Gasteiger partial charge in [0.15, 0.2) is 0 Å². The highest BCUT2D eigenvalue weighted by atomic mass is 16.5. The molecule has 24 heavy (non-hydrogen) atoms. The molecule has 0 atom stereocenters. The van der Waals surface area contributed by atoms with Gasteiger partial charge in [-0.1, -0.05) is 12.8 Å². The Bertz CT molecular complexity index is 758. The topological polar surface area (TPSA) is 88.8 Å². The van der Waals surface area contributed by atoms with Gasteiger partial charge in [-0.3, -0.25) is 9.59 Å². The predicted molar refractivity (Wildman–Crippen MR) is 88.1 cm³/mol. The second-order valence-electron chi connectivity index (χ2n) is 6.41. The van der Waals surface area contributed by atoms with Gasteiger partial charge in [-0.2, -0.15) is 0 Å². The molecular weight excluding hydrogens is 310 g/mol. The largest absolute Gasteiger partial charge is 0.497 e. The molecule has 0 saturated heterocycles. The number of carbonyl (C=O) groups is 2. The number of carboxylic acids is 1. The summed E-state index contributed by atoms with van der Waals surface area (Å²) < 4.78 is 10.7. The molecule has 2 N–H and O–H groups in total. The first-order valence-corrected chi connectivity index (χ1v) is 8.08. The Morgan fingerprint density at radius 3 is 2.75 bits per heavy atom. The maximum absolute atomic E-state index is 12.4. The van der Waals surface area contributed by atoms with Gasteiger partial charge in [0.05, 0.1) is 31.8 Å². The Morgan fingerprint density at radius 1 is 1.33 bits per heavy atom. The van der Waals surface area contributed by atoms with E-state index in [9.17, 15) is 9.59 Å². The van der Waals surface area contributed by atoms with Gasteiger partial charge < -0.3 is 19.6 Å². The molecule has 1 aromatic carbocycles. The summed E-state index contributed by atoms with van der Waals surface area (Å²) >= 11 is 0. The molecule has 1 aromatic heterocycles. The third kappa shape index (κ3) is 3.37. The molecule has 1 aliphatic rings. The molecule has 2 aromatic rings. The lowest BCUT2D eigenvalue weighted by Gasteiger charge is -2.28. The van der Waals surface area contributed by atoms with Crippen LogP contribution in [0.1, 0.15) is 37.7 Å². The number of rotatable bonds is 6. The van der Waals surface area contributed by atoms with E-state index in [2.05, 4.69) is 5.32 Å². The summed E-state index contributed by atoms with van der Waals surface area (Å²) in [6.07, 6.45) is 5.04. The number of carbonyl (C=O) groups excluding carboxylic acids is 1. The highest BCUT2D eigenvalue weighted by Crippen LogP contribution is 2.33. The van der Waals surface area contributed by atoms with E-state index in [4.69, 9.17) is 14.3 Å². The van der Waals surface area contributed by atoms with Gasteiger partial charge in [-0.05, 0) is 25.0 Å². The minimum absolute atomic E-state index is 0.0257. The van der Waals surface area contributed by atoms with Gasteiger partial charge in [-0.25, -0.2) is 0 Å². The molecule has 0 aliphatic heterocycles. The molecule has 0 radical (unpaired) electrons. The first kappa shape index (κ1) is 16.4. The van der Waals surface area contributed by atoms with Gasteiger partial charge in [0.1, 0.15) is 11.3 Å². The highest BCUT2D eigenvalue weighted by molar-refractivity contribution is 5.88. The number of aliphatic carboxylic acids is 1. The first-order valence-electron chi connectivity index (χ1n) is 8.08. The van der Waals surface area contributed by atoms with E-state index in [0.717, 1.165) is 23.8 Å². The lowest BCUT2D eigenvalue weighted by atomic mass is 9.92. The van der Waals surface area contributed by atoms with Crippen molar-refractivity contribution >= 4 is 22.8 Å². The molecule has 1 amide bonds. The summed E-state index contributed by atoms with van der Waals surface area (Å²) in [5.41, 5.74) is 0.845. The summed E-state index contributed by atoms with van der Waals surface area (Å²) in [5, 5.41) is 12.9. The highest BCUT2D eigenvalue weighted by Gasteiger charge is 2.37. The van der Waals surface area contributed by atoms with Crippen LogP contribution in [0.3, 0.4) is 0 Å². The Kier molecular flexibility index (Phi) is 4.46. The van der Waals surface area contributed by atoms with Crippen molar-refractivity contribution in [1.82, 2.24) is 5.32 Å². The molecule has 0 spiro atoms. The summed E-state index contributed by atoms with van der Waals surface area (Å²) in [6, 6.07) is 5.46. The van der Waals surface area contributed by atoms with Crippen molar-refractivity contribution in [3.05, 3.63) is 30.0 Å². The molecule has 1 heterocycles. The Labute approximate surface area is 139 Å². The number of furan rings is 1. The Balaban J connectivity index is 1.73. The fourth-order valence-electron chi connectivity index (χ4n) is 3.53. The third-order valence-corrected chi connectivity index (χ3v) is 4.67. The maximum Gasteiger partial charge on any atom is 0.305 e. The standard InChI is InChI=1S/C18H21NO5/c1-23-13-4-5-14-12(11-24-15(14)9-13)8-16(20)19-18(10-17(21)22)6-2-3-7-18/h4-5,9,11H,2-3,6-8,10H2,1H3,(H,19,20)(H,21,22). The molecule has 1 fully saturated rings. The van der Waals surface area contributed by atoms with Crippen molar-refractivity contribution in [1.29, 1.82) is 0 Å². The number of carboxylic acid groups (broad SMARTS) is 1. The number of benzene rings is 1. The molecule has 0 bridgehead atoms. The summed E-state index contributed by atoms with van der Waals surface area (Å²) in [5.74, 6) is -0.353. The smallest absolute Gasteiger partial charge is 0.305 e. The van der Waals surface area contributed by atoms with E-state index < -0.39 is 11.5 Å². The van der Waals surface area contributed by atoms with Crippen LogP contribution in [0.25, 0.3) is 11.0 Å². The van der Waals surface area contributed by atoms with E-state index in [1.165, 1.54) is 0 Å². The van der Waals surface area contributed by atoms with Crippen LogP contribution < -0.4 is 10.1 Å². The molecule has 0 unspecified atom stereocenters. The van der Waals surface area contributed by atoms with Crippen LogP contribution >= 0.6 is 0 Å². The molecule has 128 valence electrons. The maximum atomic E-state index is 12.4. The average Bonchev–Trinajstić information content (AvgIpc) is 3.13. The quantitative estimate of drug-likeness (QED) is 0.849. The van der Waals surface area contributed by atoms with E-state index >= 15 is 0 Å². The summed E-state index contributed by atoms with van der Waals surface area (Å²) in [7, 11) is 1.59. The van der Waals surface area contributed by atoms with Crippen molar-refractivity contribution in [2.45, 2.75) is 44.1 Å². The molecule has 1 saturated carbocycles. The van der Waals surface area contributed by atoms with Gasteiger partial charge in [0.25, 0.3) is 0 Å². The number of hydrogen-bond donors (Lipinski definition) is 2. The van der Waals surface area contributed by atoms with Crippen molar-refractivity contribution in [2.75, 3.05) is 7.11 Å². The van der Waals surface area contributed by atoms with Crippen LogP contribution in [-0.2, 0) is 16.0 Å². The Morgan fingerprint density at radius 2 is 2.08 bits per heavy atom. The first-order chi connectivity index (χ1) is 11.5. The molecule has 6 nitrogen and oxygen atoms in total. The lowest BCUT2D eigenvalue weighted by molar-refractivity contribution is -0.139. The van der Waals surface area contributed by atoms with E-state index in [-0.39, 0.29) is 18.7 Å². The molecule has 1 aliphatic carbocycles. The van der Waals surface area contributed by atoms with Crippen molar-refractivity contribution in [3.8, 4) is 5.75 Å². The van der Waals surface area contributed by atoms with Crippen molar-refractivity contribution in [2.24, 2.45) is 0 Å². The molecule has 3 rings (SSSR count). The van der Waals surface area contributed by atoms with Crippen LogP contribution in [0, 0.1) is 0 Å². The number of amides is 1. The van der Waals surface area contributed by atoms with Crippen LogP contribution in [0.5, 0.6) is 5.75 Å². The zero-order chi connectivity index (χ0) is 17.2. The molecule has 6 heteroatoms. The van der Waals surface area contributed by atoms with E-state index in [1.54, 1.807) is 19.4 Å².